The molecule has 130 valence electrons. The lowest BCUT2D eigenvalue weighted by atomic mass is 9.96. The van der Waals surface area contributed by atoms with Crippen molar-refractivity contribution >= 4 is 16.9 Å². The number of rotatable bonds is 4. The van der Waals surface area contributed by atoms with Crippen LogP contribution in [0.25, 0.3) is 10.9 Å². The summed E-state index contributed by atoms with van der Waals surface area (Å²) < 4.78 is 1.59. The molecule has 0 radical (unpaired) electrons. The largest absolute Gasteiger partial charge is 0.395 e. The predicted molar refractivity (Wildman–Crippen MR) is 95.9 cm³/mol. The molecule has 0 unspecified atom stereocenters. The monoisotopic (exact) mass is 339 g/mol. The first-order chi connectivity index (χ1) is 12.3. The zero-order chi connectivity index (χ0) is 17.2. The average Bonchev–Trinajstić information content (AvgIpc) is 3.19. The highest BCUT2D eigenvalue weighted by atomic mass is 16.3. The third-order valence-electron chi connectivity index (χ3n) is 4.85. The van der Waals surface area contributed by atoms with E-state index in [0.717, 1.165) is 31.8 Å². The van der Waals surface area contributed by atoms with Gasteiger partial charge in [0.25, 0.3) is 5.56 Å². The van der Waals surface area contributed by atoms with Crippen molar-refractivity contribution in [3.63, 3.8) is 0 Å². The van der Waals surface area contributed by atoms with Gasteiger partial charge in [-0.2, -0.15) is 0 Å². The van der Waals surface area contributed by atoms with Crippen molar-refractivity contribution in [2.45, 2.75) is 25.3 Å². The molecule has 25 heavy (non-hydrogen) atoms. The number of aromatic nitrogens is 4. The third-order valence-corrected chi connectivity index (χ3v) is 4.85. The maximum Gasteiger partial charge on any atom is 0.262 e. The smallest absolute Gasteiger partial charge is 0.262 e. The number of fused-ring (bicyclic) bond motifs is 1. The number of hydrogen-bond donors (Lipinski definition) is 2. The summed E-state index contributed by atoms with van der Waals surface area (Å²) in [6.45, 7) is 1.78. The summed E-state index contributed by atoms with van der Waals surface area (Å²) in [5.74, 6) is 2.08. The minimum absolute atomic E-state index is 0.0875. The molecule has 1 aliphatic rings. The Bertz CT molecular complexity index is 911. The van der Waals surface area contributed by atoms with E-state index in [0.29, 0.717) is 22.8 Å². The van der Waals surface area contributed by atoms with E-state index >= 15 is 0 Å². The molecule has 0 saturated carbocycles. The fraction of sp³-hybridized carbons (Fsp3) is 0.389. The number of nitrogens with one attached hydrogen (secondary N) is 1. The molecule has 2 aromatic heterocycles. The molecule has 7 heteroatoms. The van der Waals surface area contributed by atoms with Gasteiger partial charge in [-0.1, -0.05) is 12.1 Å². The van der Waals surface area contributed by atoms with Gasteiger partial charge >= 0.3 is 0 Å². The molecule has 1 aliphatic heterocycles. The molecular formula is C18H21N5O2. The number of para-hydroxylation sites is 1. The van der Waals surface area contributed by atoms with Gasteiger partial charge in [0, 0.05) is 31.4 Å². The van der Waals surface area contributed by atoms with E-state index in [4.69, 9.17) is 4.98 Å². The fourth-order valence-electron chi connectivity index (χ4n) is 3.55. The summed E-state index contributed by atoms with van der Waals surface area (Å²) in [6, 6.07) is 7.37. The lowest BCUT2D eigenvalue weighted by molar-refractivity contribution is 0.273. The molecule has 0 atom stereocenters. The number of aromatic amines is 1. The molecule has 0 amide bonds. The number of hydrogen-bond acceptors (Lipinski definition) is 5. The van der Waals surface area contributed by atoms with Crippen molar-refractivity contribution in [1.82, 2.24) is 19.5 Å². The number of nitrogens with zero attached hydrogens (tertiary/aromatic N) is 4. The number of piperidine rings is 1. The van der Waals surface area contributed by atoms with Crippen LogP contribution in [0.5, 0.6) is 0 Å². The van der Waals surface area contributed by atoms with Crippen molar-refractivity contribution in [2.75, 3.05) is 24.6 Å². The highest BCUT2D eigenvalue weighted by Crippen LogP contribution is 2.28. The highest BCUT2D eigenvalue weighted by Gasteiger charge is 2.25. The Morgan fingerprint density at radius 1 is 1.24 bits per heavy atom. The predicted octanol–water partition coefficient (Wildman–Crippen LogP) is 1.50. The summed E-state index contributed by atoms with van der Waals surface area (Å²) in [5, 5.41) is 9.98. The van der Waals surface area contributed by atoms with Gasteiger partial charge in [0.2, 0.25) is 5.95 Å². The minimum Gasteiger partial charge on any atom is -0.395 e. The van der Waals surface area contributed by atoms with E-state index in [1.807, 2.05) is 24.4 Å². The number of anilines is 1. The second-order valence-corrected chi connectivity index (χ2v) is 6.35. The second kappa shape index (κ2) is 6.68. The quantitative estimate of drug-likeness (QED) is 0.752. The molecule has 4 rings (SSSR count). The van der Waals surface area contributed by atoms with E-state index in [-0.39, 0.29) is 18.7 Å². The van der Waals surface area contributed by atoms with Crippen LogP contribution in [0.2, 0.25) is 0 Å². The van der Waals surface area contributed by atoms with Crippen LogP contribution < -0.4 is 10.5 Å². The highest BCUT2D eigenvalue weighted by molar-refractivity contribution is 5.78. The van der Waals surface area contributed by atoms with E-state index in [1.54, 1.807) is 16.8 Å². The normalized spacial score (nSPS) is 15.8. The number of benzene rings is 1. The van der Waals surface area contributed by atoms with Gasteiger partial charge in [-0.15, -0.1) is 0 Å². The Balaban J connectivity index is 1.67. The van der Waals surface area contributed by atoms with Gasteiger partial charge < -0.3 is 15.0 Å². The van der Waals surface area contributed by atoms with Gasteiger partial charge in [-0.25, -0.2) is 9.97 Å². The summed E-state index contributed by atoms with van der Waals surface area (Å²) in [5.41, 5.74) is 0.604. The van der Waals surface area contributed by atoms with E-state index in [1.165, 1.54) is 0 Å². The van der Waals surface area contributed by atoms with Gasteiger partial charge in [0.05, 0.1) is 24.1 Å². The van der Waals surface area contributed by atoms with E-state index in [2.05, 4.69) is 14.9 Å². The summed E-state index contributed by atoms with van der Waals surface area (Å²) in [4.78, 5) is 27.2. The minimum atomic E-state index is -0.0946. The molecule has 0 spiro atoms. The number of H-pyrrole nitrogens is 1. The number of aliphatic hydroxyl groups is 1. The molecule has 1 aromatic carbocycles. The Morgan fingerprint density at radius 3 is 2.76 bits per heavy atom. The van der Waals surface area contributed by atoms with Gasteiger partial charge in [0.15, 0.2) is 0 Å². The lowest BCUT2D eigenvalue weighted by Gasteiger charge is -2.33. The van der Waals surface area contributed by atoms with Gasteiger partial charge in [-0.05, 0) is 25.0 Å². The topological polar surface area (TPSA) is 87.0 Å². The molecule has 7 nitrogen and oxygen atoms in total. The number of imidazole rings is 1. The zero-order valence-corrected chi connectivity index (χ0v) is 13.9. The van der Waals surface area contributed by atoms with Crippen molar-refractivity contribution < 1.29 is 5.11 Å². The van der Waals surface area contributed by atoms with Crippen molar-refractivity contribution in [3.8, 4) is 0 Å². The van der Waals surface area contributed by atoms with Crippen LogP contribution in [-0.4, -0.2) is 44.3 Å². The van der Waals surface area contributed by atoms with Gasteiger partial charge in [0.1, 0.15) is 5.82 Å². The van der Waals surface area contributed by atoms with Gasteiger partial charge in [-0.3, -0.25) is 9.36 Å². The third kappa shape index (κ3) is 2.91. The van der Waals surface area contributed by atoms with Crippen molar-refractivity contribution in [3.05, 3.63) is 52.8 Å². The van der Waals surface area contributed by atoms with Crippen LogP contribution in [0.1, 0.15) is 24.6 Å². The molecule has 3 heterocycles. The Kier molecular flexibility index (Phi) is 4.23. The van der Waals surface area contributed by atoms with Crippen LogP contribution in [0.3, 0.4) is 0 Å². The maximum absolute atomic E-state index is 12.8. The van der Waals surface area contributed by atoms with E-state index in [9.17, 15) is 9.90 Å². The summed E-state index contributed by atoms with van der Waals surface area (Å²) >= 11 is 0. The summed E-state index contributed by atoms with van der Waals surface area (Å²) in [7, 11) is 0. The first kappa shape index (κ1) is 15.8. The Hall–Kier alpha value is -2.67. The van der Waals surface area contributed by atoms with Crippen LogP contribution in [-0.2, 0) is 6.54 Å². The molecule has 0 bridgehead atoms. The van der Waals surface area contributed by atoms with Crippen LogP contribution in [0, 0.1) is 0 Å². The molecular weight excluding hydrogens is 318 g/mol. The molecule has 3 aromatic rings. The standard InChI is InChI=1S/C18H21N5O2/c24-12-11-23-17(25)14-3-1-2-4-15(14)21-18(23)22-9-5-13(6-10-22)16-19-7-8-20-16/h1-4,7-8,13,24H,5-6,9-12H2,(H,19,20). The fourth-order valence-corrected chi connectivity index (χ4v) is 3.55. The average molecular weight is 339 g/mol. The zero-order valence-electron chi connectivity index (χ0n) is 13.9. The maximum atomic E-state index is 12.8. The first-order valence-electron chi connectivity index (χ1n) is 8.62. The van der Waals surface area contributed by atoms with E-state index < -0.39 is 0 Å². The van der Waals surface area contributed by atoms with Crippen LogP contribution >= 0.6 is 0 Å². The Morgan fingerprint density at radius 2 is 2.04 bits per heavy atom. The molecule has 2 N–H and O–H groups in total. The second-order valence-electron chi connectivity index (χ2n) is 6.35. The number of aliphatic hydroxyl groups excluding tert-OH is 1. The van der Waals surface area contributed by atoms with Crippen molar-refractivity contribution in [1.29, 1.82) is 0 Å². The molecule has 1 fully saturated rings. The Labute approximate surface area is 145 Å². The molecule has 0 aliphatic carbocycles. The first-order valence-corrected chi connectivity index (χ1v) is 8.62. The SMILES string of the molecule is O=c1c2ccccc2nc(N2CCC(c3ncc[nH]3)CC2)n1CCO. The lowest BCUT2D eigenvalue weighted by Crippen LogP contribution is -2.38. The summed E-state index contributed by atoms with van der Waals surface area (Å²) in [6.07, 6.45) is 5.54. The molecule has 1 saturated heterocycles. The van der Waals surface area contributed by atoms with Crippen LogP contribution in [0.15, 0.2) is 41.5 Å². The van der Waals surface area contributed by atoms with Crippen molar-refractivity contribution in [2.24, 2.45) is 0 Å². The van der Waals surface area contributed by atoms with Crippen LogP contribution in [0.4, 0.5) is 5.95 Å².